The van der Waals surface area contributed by atoms with Crippen LogP contribution in [-0.4, -0.2) is 60.0 Å². The molecule has 0 saturated heterocycles. The number of hydrogen-bond acceptors (Lipinski definition) is 1. The fraction of sp³-hybridized carbons (Fsp3) is 0.900. The van der Waals surface area contributed by atoms with E-state index in [-0.39, 0.29) is 48.9 Å². The van der Waals surface area contributed by atoms with Gasteiger partial charge in [0.15, 0.2) is 0 Å². The Kier molecular flexibility index (Phi) is 10.6. The van der Waals surface area contributed by atoms with Crippen LogP contribution in [0.1, 0.15) is 52.9 Å². The number of unbranched alkanes of at least 4 members (excludes halogenated alkanes) is 1. The van der Waals surface area contributed by atoms with Crippen LogP contribution in [-0.2, 0) is 4.79 Å². The summed E-state index contributed by atoms with van der Waals surface area (Å²) < 4.78 is 0. The molecule has 0 spiro atoms. The normalized spacial score (nSPS) is 10.7. The van der Waals surface area contributed by atoms with E-state index in [9.17, 15) is 4.79 Å². The Balaban J connectivity index is 0. The molecule has 0 aliphatic heterocycles. The topological polar surface area (TPSA) is 37.3 Å². The monoisotopic (exact) mass is 312 g/mol. The zero-order chi connectivity index (χ0) is 9.61. The van der Waals surface area contributed by atoms with Crippen LogP contribution in [0.4, 0.5) is 0 Å². The van der Waals surface area contributed by atoms with E-state index in [1.807, 2.05) is 13.8 Å². The predicted molar refractivity (Wildman–Crippen MR) is 58.7 cm³/mol. The van der Waals surface area contributed by atoms with Gasteiger partial charge >= 0.3 is 54.9 Å². The van der Waals surface area contributed by atoms with Crippen molar-refractivity contribution in [3.8, 4) is 0 Å². The Bertz CT molecular complexity index is 142. The van der Waals surface area contributed by atoms with Gasteiger partial charge in [0.1, 0.15) is 0 Å². The van der Waals surface area contributed by atoms with E-state index >= 15 is 0 Å². The van der Waals surface area contributed by atoms with E-state index < -0.39 is 11.4 Å². The summed E-state index contributed by atoms with van der Waals surface area (Å²) in [6, 6.07) is 0. The zero-order valence-electron chi connectivity index (χ0n) is 8.39. The third-order valence-corrected chi connectivity index (χ3v) is 2.82. The predicted octanol–water partition coefficient (Wildman–Crippen LogP) is 2.15. The molecule has 0 aliphatic carbocycles. The molecule has 2 nitrogen and oxygen atoms in total. The second-order valence-electron chi connectivity index (χ2n) is 3.40. The summed E-state index contributed by atoms with van der Waals surface area (Å²) in [4.78, 5) is 11.0. The van der Waals surface area contributed by atoms with Crippen molar-refractivity contribution in [1.29, 1.82) is 0 Å². The van der Waals surface area contributed by atoms with E-state index in [1.165, 1.54) is 0 Å². The first-order chi connectivity index (χ1) is 5.63. The molecule has 0 aromatic rings. The molecular formula is C10H22BaO2. The van der Waals surface area contributed by atoms with E-state index in [2.05, 4.69) is 6.92 Å². The molecule has 0 aliphatic rings. The molecule has 0 unspecified atom stereocenters. The summed E-state index contributed by atoms with van der Waals surface area (Å²) in [5.74, 6) is -0.624. The van der Waals surface area contributed by atoms with Gasteiger partial charge < -0.3 is 5.11 Å². The summed E-state index contributed by atoms with van der Waals surface area (Å²) in [5, 5.41) is 9.05. The number of carboxylic acids is 1. The third kappa shape index (κ3) is 4.88. The molecule has 0 fully saturated rings. The van der Waals surface area contributed by atoms with Crippen LogP contribution in [0.3, 0.4) is 0 Å². The Morgan fingerprint density at radius 2 is 1.69 bits per heavy atom. The average Bonchev–Trinajstić information content (AvgIpc) is 2.07. The van der Waals surface area contributed by atoms with Gasteiger partial charge in [-0.15, -0.1) is 0 Å². The van der Waals surface area contributed by atoms with Crippen LogP contribution in [0.15, 0.2) is 0 Å². The fourth-order valence-electron chi connectivity index (χ4n) is 1.53. The fourth-order valence-corrected chi connectivity index (χ4v) is 1.53. The summed E-state index contributed by atoms with van der Waals surface area (Å²) in [7, 11) is 0. The summed E-state index contributed by atoms with van der Waals surface area (Å²) in [5.41, 5.74) is -0.448. The van der Waals surface area contributed by atoms with E-state index in [0.29, 0.717) is 0 Å². The van der Waals surface area contributed by atoms with Crippen molar-refractivity contribution in [2.24, 2.45) is 5.41 Å². The summed E-state index contributed by atoms with van der Waals surface area (Å²) in [6.45, 7) is 6.03. The molecule has 13 heavy (non-hydrogen) atoms. The molecule has 0 rings (SSSR count). The first-order valence-electron chi connectivity index (χ1n) is 4.86. The molecule has 0 bridgehead atoms. The first-order valence-corrected chi connectivity index (χ1v) is 4.86. The Labute approximate surface area is 122 Å². The van der Waals surface area contributed by atoms with Gasteiger partial charge in [-0.1, -0.05) is 33.6 Å². The molecule has 1 N–H and O–H groups in total. The van der Waals surface area contributed by atoms with E-state index in [1.54, 1.807) is 0 Å². The van der Waals surface area contributed by atoms with Crippen molar-refractivity contribution < 1.29 is 9.90 Å². The minimum absolute atomic E-state index is 0. The summed E-state index contributed by atoms with van der Waals surface area (Å²) in [6.07, 6.45) is 4.42. The van der Waals surface area contributed by atoms with Gasteiger partial charge in [-0.25, -0.2) is 0 Å². The molecule has 76 valence electrons. The van der Waals surface area contributed by atoms with E-state index in [4.69, 9.17) is 5.11 Å². The molecule has 0 aromatic heterocycles. The Morgan fingerprint density at radius 1 is 1.23 bits per heavy atom. The van der Waals surface area contributed by atoms with Gasteiger partial charge in [0.05, 0.1) is 5.41 Å². The zero-order valence-corrected chi connectivity index (χ0v) is 8.39. The second kappa shape index (κ2) is 8.36. The van der Waals surface area contributed by atoms with Crippen molar-refractivity contribution in [2.45, 2.75) is 52.9 Å². The molecule has 0 saturated carbocycles. The number of carbonyl (C=O) groups is 1. The number of aliphatic carboxylic acids is 1. The molecule has 0 atom stereocenters. The Morgan fingerprint density at radius 3 is 1.92 bits per heavy atom. The molecular weight excluding hydrogens is 289 g/mol. The van der Waals surface area contributed by atoms with Crippen LogP contribution in [0.5, 0.6) is 0 Å². The van der Waals surface area contributed by atoms with Crippen molar-refractivity contribution in [1.82, 2.24) is 0 Å². The van der Waals surface area contributed by atoms with Crippen LogP contribution in [0, 0.1) is 5.41 Å². The number of carboxylic acid groups (broad SMARTS) is 1. The van der Waals surface area contributed by atoms with Crippen LogP contribution in [0.25, 0.3) is 0 Å². The summed E-state index contributed by atoms with van der Waals surface area (Å²) >= 11 is 0. The van der Waals surface area contributed by atoms with Crippen LogP contribution >= 0.6 is 0 Å². The quantitative estimate of drug-likeness (QED) is 0.763. The standard InChI is InChI=1S/C10H20O2.Ba.2H/c1-4-7-8-10(5-2,6-3)9(11)12;;;/h4-8H2,1-3H3,(H,11,12);;;. The molecule has 3 heteroatoms. The number of rotatable bonds is 6. The first kappa shape index (κ1) is 16.5. The SMILES string of the molecule is CCCCC(CC)(CC)C(=O)O.[BaH2]. The second-order valence-corrected chi connectivity index (χ2v) is 3.40. The molecule has 0 radical (unpaired) electrons. The molecule has 0 aromatic carbocycles. The maximum absolute atomic E-state index is 11.0. The third-order valence-electron chi connectivity index (χ3n) is 2.82. The molecule has 0 heterocycles. The Hall–Kier alpha value is 1.04. The van der Waals surface area contributed by atoms with Gasteiger partial charge in [0, 0.05) is 0 Å². The van der Waals surface area contributed by atoms with E-state index in [0.717, 1.165) is 32.1 Å². The number of hydrogen-bond donors (Lipinski definition) is 1. The van der Waals surface area contributed by atoms with Crippen LogP contribution in [0.2, 0.25) is 0 Å². The van der Waals surface area contributed by atoms with Crippen molar-refractivity contribution in [3.63, 3.8) is 0 Å². The van der Waals surface area contributed by atoms with Crippen molar-refractivity contribution >= 4 is 54.9 Å². The van der Waals surface area contributed by atoms with Crippen LogP contribution < -0.4 is 0 Å². The van der Waals surface area contributed by atoms with Gasteiger partial charge in [0.25, 0.3) is 0 Å². The van der Waals surface area contributed by atoms with Gasteiger partial charge in [-0.3, -0.25) is 4.79 Å². The molecule has 0 amide bonds. The minimum atomic E-state index is -0.624. The van der Waals surface area contributed by atoms with Crippen molar-refractivity contribution in [2.75, 3.05) is 0 Å². The average molecular weight is 312 g/mol. The van der Waals surface area contributed by atoms with Gasteiger partial charge in [-0.2, -0.15) is 0 Å². The van der Waals surface area contributed by atoms with Crippen molar-refractivity contribution in [3.05, 3.63) is 0 Å². The van der Waals surface area contributed by atoms with Gasteiger partial charge in [0.2, 0.25) is 0 Å². The maximum atomic E-state index is 11.0. The van der Waals surface area contributed by atoms with Gasteiger partial charge in [-0.05, 0) is 19.3 Å².